The quantitative estimate of drug-likeness (QED) is 0.609. The molecule has 5 nitrogen and oxygen atoms in total. The summed E-state index contributed by atoms with van der Waals surface area (Å²) in [5, 5.41) is 4.20. The molecule has 1 aliphatic rings. The molecule has 0 saturated carbocycles. The van der Waals surface area contributed by atoms with Gasteiger partial charge in [0.1, 0.15) is 0 Å². The number of aryl methyl sites for hydroxylation is 2. The maximum atomic E-state index is 12.5. The van der Waals surface area contributed by atoms with E-state index in [1.54, 1.807) is 11.3 Å². The monoisotopic (exact) mass is 450 g/mol. The van der Waals surface area contributed by atoms with Gasteiger partial charge in [0.05, 0.1) is 10.2 Å². The van der Waals surface area contributed by atoms with Crippen molar-refractivity contribution in [2.75, 3.05) is 44.2 Å². The molecular formula is C26H34N4OS. The molecule has 2 heterocycles. The number of anilines is 1. The molecule has 1 amide bonds. The minimum atomic E-state index is 0.00392. The fourth-order valence-electron chi connectivity index (χ4n) is 4.06. The van der Waals surface area contributed by atoms with Crippen molar-refractivity contribution in [3.05, 3.63) is 58.7 Å². The lowest BCUT2D eigenvalue weighted by atomic mass is 9.87. The zero-order valence-corrected chi connectivity index (χ0v) is 20.7. The molecule has 1 N–H and O–H groups in total. The first kappa shape index (κ1) is 22.7. The van der Waals surface area contributed by atoms with E-state index in [2.05, 4.69) is 74.0 Å². The summed E-state index contributed by atoms with van der Waals surface area (Å²) in [7, 11) is 0. The van der Waals surface area contributed by atoms with Crippen LogP contribution in [-0.4, -0.2) is 55.1 Å². The third kappa shape index (κ3) is 4.97. The SMILES string of the molecule is Cc1ccc2sc(N3CCN(CCNC(=O)c4ccc(C(C)(C)C)cc4)CC3)nc2c1C. The molecular weight excluding hydrogens is 416 g/mol. The highest BCUT2D eigenvalue weighted by Crippen LogP contribution is 2.32. The van der Waals surface area contributed by atoms with Crippen LogP contribution in [-0.2, 0) is 5.41 Å². The Hall–Kier alpha value is -2.44. The summed E-state index contributed by atoms with van der Waals surface area (Å²) in [6, 6.07) is 12.3. The molecule has 170 valence electrons. The van der Waals surface area contributed by atoms with Crippen molar-refractivity contribution in [1.29, 1.82) is 0 Å². The Kier molecular flexibility index (Phi) is 6.54. The van der Waals surface area contributed by atoms with E-state index in [4.69, 9.17) is 4.98 Å². The Morgan fingerprint density at radius 2 is 1.72 bits per heavy atom. The minimum Gasteiger partial charge on any atom is -0.351 e. The van der Waals surface area contributed by atoms with E-state index in [0.717, 1.165) is 48.9 Å². The van der Waals surface area contributed by atoms with Crippen molar-refractivity contribution in [3.63, 3.8) is 0 Å². The van der Waals surface area contributed by atoms with Crippen LogP contribution in [0.1, 0.15) is 47.8 Å². The number of amides is 1. The van der Waals surface area contributed by atoms with Crippen molar-refractivity contribution in [1.82, 2.24) is 15.2 Å². The van der Waals surface area contributed by atoms with E-state index in [9.17, 15) is 4.79 Å². The molecule has 4 rings (SSSR count). The number of carbonyl (C=O) groups is 1. The first-order valence-corrected chi connectivity index (χ1v) is 12.3. The van der Waals surface area contributed by atoms with Gasteiger partial charge in [-0.1, -0.05) is 50.3 Å². The summed E-state index contributed by atoms with van der Waals surface area (Å²) < 4.78 is 1.27. The number of piperazine rings is 1. The van der Waals surface area contributed by atoms with Crippen LogP contribution in [0.25, 0.3) is 10.2 Å². The normalized spacial score (nSPS) is 15.3. The van der Waals surface area contributed by atoms with Gasteiger partial charge in [0.2, 0.25) is 0 Å². The Morgan fingerprint density at radius 3 is 2.38 bits per heavy atom. The van der Waals surface area contributed by atoms with Crippen LogP contribution >= 0.6 is 11.3 Å². The van der Waals surface area contributed by atoms with Crippen molar-refractivity contribution < 1.29 is 4.79 Å². The maximum absolute atomic E-state index is 12.5. The summed E-state index contributed by atoms with van der Waals surface area (Å²) in [6.07, 6.45) is 0. The zero-order valence-electron chi connectivity index (χ0n) is 19.9. The zero-order chi connectivity index (χ0) is 22.9. The van der Waals surface area contributed by atoms with Gasteiger partial charge in [-0.15, -0.1) is 0 Å². The van der Waals surface area contributed by atoms with E-state index >= 15 is 0 Å². The van der Waals surface area contributed by atoms with Crippen LogP contribution in [0.2, 0.25) is 0 Å². The van der Waals surface area contributed by atoms with Gasteiger partial charge < -0.3 is 10.2 Å². The van der Waals surface area contributed by atoms with Crippen molar-refractivity contribution in [3.8, 4) is 0 Å². The topological polar surface area (TPSA) is 48.5 Å². The third-order valence-corrected chi connectivity index (χ3v) is 7.52. The number of fused-ring (bicyclic) bond motifs is 1. The van der Waals surface area contributed by atoms with Gasteiger partial charge in [-0.2, -0.15) is 0 Å². The lowest BCUT2D eigenvalue weighted by Crippen LogP contribution is -2.48. The molecule has 1 aliphatic heterocycles. The molecule has 6 heteroatoms. The molecule has 1 aromatic heterocycles. The van der Waals surface area contributed by atoms with Gasteiger partial charge in [-0.05, 0) is 54.2 Å². The van der Waals surface area contributed by atoms with Crippen LogP contribution in [0.4, 0.5) is 5.13 Å². The highest BCUT2D eigenvalue weighted by molar-refractivity contribution is 7.22. The second kappa shape index (κ2) is 9.20. The van der Waals surface area contributed by atoms with Crippen molar-refractivity contribution in [2.45, 2.75) is 40.0 Å². The lowest BCUT2D eigenvalue weighted by molar-refractivity contribution is 0.0947. The second-order valence-corrected chi connectivity index (χ2v) is 10.8. The summed E-state index contributed by atoms with van der Waals surface area (Å²) in [4.78, 5) is 22.2. The van der Waals surface area contributed by atoms with Crippen molar-refractivity contribution in [2.24, 2.45) is 0 Å². The van der Waals surface area contributed by atoms with Crippen LogP contribution in [0.15, 0.2) is 36.4 Å². The molecule has 0 atom stereocenters. The predicted octanol–water partition coefficient (Wildman–Crippen LogP) is 4.76. The van der Waals surface area contributed by atoms with E-state index in [1.807, 2.05) is 12.1 Å². The van der Waals surface area contributed by atoms with Gasteiger partial charge in [-0.25, -0.2) is 4.98 Å². The molecule has 0 spiro atoms. The molecule has 0 aliphatic carbocycles. The fourth-order valence-corrected chi connectivity index (χ4v) is 5.14. The first-order chi connectivity index (χ1) is 15.2. The van der Waals surface area contributed by atoms with Crippen LogP contribution in [0.5, 0.6) is 0 Å². The molecule has 1 saturated heterocycles. The van der Waals surface area contributed by atoms with E-state index in [0.29, 0.717) is 6.54 Å². The smallest absolute Gasteiger partial charge is 0.251 e. The minimum absolute atomic E-state index is 0.00392. The number of hydrogen-bond donors (Lipinski definition) is 1. The Labute approximate surface area is 195 Å². The molecule has 32 heavy (non-hydrogen) atoms. The van der Waals surface area contributed by atoms with Gasteiger partial charge in [0.25, 0.3) is 5.91 Å². The number of carbonyl (C=O) groups excluding carboxylic acids is 1. The molecule has 0 radical (unpaired) electrons. The highest BCUT2D eigenvalue weighted by Gasteiger charge is 2.20. The van der Waals surface area contributed by atoms with Crippen LogP contribution in [0, 0.1) is 13.8 Å². The fraction of sp³-hybridized carbons (Fsp3) is 0.462. The summed E-state index contributed by atoms with van der Waals surface area (Å²) in [6.45, 7) is 16.3. The molecule has 0 bridgehead atoms. The summed E-state index contributed by atoms with van der Waals surface area (Å²) >= 11 is 1.79. The van der Waals surface area contributed by atoms with E-state index in [-0.39, 0.29) is 11.3 Å². The number of aromatic nitrogens is 1. The number of thiazole rings is 1. The van der Waals surface area contributed by atoms with Crippen LogP contribution in [0.3, 0.4) is 0 Å². The second-order valence-electron chi connectivity index (χ2n) is 9.76. The Morgan fingerprint density at radius 1 is 1.03 bits per heavy atom. The standard InChI is InChI=1S/C26H34N4OS/c1-18-6-11-22-23(19(18)2)28-25(32-22)30-16-14-29(15-17-30)13-12-27-24(31)20-7-9-21(10-8-20)26(3,4)5/h6-11H,12-17H2,1-5H3,(H,27,31). The summed E-state index contributed by atoms with van der Waals surface area (Å²) in [5.41, 5.74) is 5.79. The number of nitrogens with one attached hydrogen (secondary N) is 1. The molecule has 2 aromatic carbocycles. The van der Waals surface area contributed by atoms with Gasteiger partial charge in [0.15, 0.2) is 5.13 Å². The number of rotatable bonds is 5. The number of benzene rings is 2. The lowest BCUT2D eigenvalue weighted by Gasteiger charge is -2.34. The van der Waals surface area contributed by atoms with Gasteiger partial charge in [-0.3, -0.25) is 9.69 Å². The number of hydrogen-bond acceptors (Lipinski definition) is 5. The molecule has 3 aromatic rings. The largest absolute Gasteiger partial charge is 0.351 e. The number of nitrogens with zero attached hydrogens (tertiary/aromatic N) is 3. The summed E-state index contributed by atoms with van der Waals surface area (Å²) in [5.74, 6) is 0.00392. The van der Waals surface area contributed by atoms with Gasteiger partial charge in [0, 0.05) is 44.8 Å². The van der Waals surface area contributed by atoms with Gasteiger partial charge >= 0.3 is 0 Å². The predicted molar refractivity (Wildman–Crippen MR) is 135 cm³/mol. The Balaban J connectivity index is 1.25. The molecule has 1 fully saturated rings. The van der Waals surface area contributed by atoms with E-state index in [1.165, 1.54) is 21.4 Å². The highest BCUT2D eigenvalue weighted by atomic mass is 32.1. The third-order valence-electron chi connectivity index (χ3n) is 6.44. The first-order valence-electron chi connectivity index (χ1n) is 11.4. The molecule has 0 unspecified atom stereocenters. The van der Waals surface area contributed by atoms with E-state index < -0.39 is 0 Å². The van der Waals surface area contributed by atoms with Crippen LogP contribution < -0.4 is 10.2 Å². The Bertz CT molecular complexity index is 1090. The average molecular weight is 451 g/mol. The van der Waals surface area contributed by atoms with Crippen molar-refractivity contribution >= 4 is 32.6 Å². The average Bonchev–Trinajstić information content (AvgIpc) is 3.21. The maximum Gasteiger partial charge on any atom is 0.251 e.